The normalized spacial score (nSPS) is 24.5. The SMILES string of the molecule is CCCN(C(=O)[C@H]1CCCN(S(=O)(=O)c2ccc(OC)cc2)C1)[C@@H]1CCS(=O)(=O)C1. The highest BCUT2D eigenvalue weighted by Crippen LogP contribution is 2.28. The van der Waals surface area contributed by atoms with Crippen molar-refractivity contribution in [3.05, 3.63) is 24.3 Å². The number of amides is 1. The third-order valence-corrected chi connectivity index (χ3v) is 9.46. The average molecular weight is 459 g/mol. The largest absolute Gasteiger partial charge is 0.497 e. The minimum Gasteiger partial charge on any atom is -0.497 e. The number of sulfone groups is 1. The maximum Gasteiger partial charge on any atom is 0.243 e. The van der Waals surface area contributed by atoms with Gasteiger partial charge in [0.2, 0.25) is 15.9 Å². The second-order valence-electron chi connectivity index (χ2n) is 7.97. The molecule has 0 spiro atoms. The summed E-state index contributed by atoms with van der Waals surface area (Å²) in [5.41, 5.74) is 0. The molecule has 0 aliphatic carbocycles. The molecule has 2 heterocycles. The van der Waals surface area contributed by atoms with Crippen LogP contribution >= 0.6 is 0 Å². The van der Waals surface area contributed by atoms with Crippen LogP contribution in [0.5, 0.6) is 5.75 Å². The van der Waals surface area contributed by atoms with E-state index in [0.717, 1.165) is 6.42 Å². The van der Waals surface area contributed by atoms with E-state index in [1.807, 2.05) is 6.92 Å². The summed E-state index contributed by atoms with van der Waals surface area (Å²) in [6.07, 6.45) is 2.37. The molecule has 0 unspecified atom stereocenters. The number of carbonyl (C=O) groups is 1. The molecule has 2 fully saturated rings. The van der Waals surface area contributed by atoms with E-state index in [4.69, 9.17) is 4.74 Å². The molecule has 8 nitrogen and oxygen atoms in total. The molecule has 2 atom stereocenters. The van der Waals surface area contributed by atoms with E-state index >= 15 is 0 Å². The standard InChI is InChI=1S/C20H30N2O6S2/c1-3-11-22(17-10-13-29(24,25)15-17)20(23)16-5-4-12-21(14-16)30(26,27)19-8-6-18(28-2)7-9-19/h6-9,16-17H,3-5,10-15H2,1-2H3/t16-,17+/m0/s1. The van der Waals surface area contributed by atoms with Gasteiger partial charge >= 0.3 is 0 Å². The Bertz CT molecular complexity index is 960. The zero-order valence-corrected chi connectivity index (χ0v) is 19.1. The summed E-state index contributed by atoms with van der Waals surface area (Å²) >= 11 is 0. The molecule has 0 aromatic heterocycles. The van der Waals surface area contributed by atoms with Crippen LogP contribution in [0.4, 0.5) is 0 Å². The van der Waals surface area contributed by atoms with Gasteiger partial charge in [0.1, 0.15) is 5.75 Å². The number of piperidine rings is 1. The molecule has 0 N–H and O–H groups in total. The maximum atomic E-state index is 13.3. The molecule has 2 saturated heterocycles. The van der Waals surface area contributed by atoms with Crippen LogP contribution in [-0.4, -0.2) is 76.2 Å². The smallest absolute Gasteiger partial charge is 0.243 e. The Balaban J connectivity index is 1.75. The van der Waals surface area contributed by atoms with Crippen LogP contribution in [0.2, 0.25) is 0 Å². The van der Waals surface area contributed by atoms with Crippen molar-refractivity contribution in [2.24, 2.45) is 5.92 Å². The van der Waals surface area contributed by atoms with Gasteiger partial charge in [-0.2, -0.15) is 4.31 Å². The minimum atomic E-state index is -3.72. The summed E-state index contributed by atoms with van der Waals surface area (Å²) in [6, 6.07) is 5.90. The fraction of sp³-hybridized carbons (Fsp3) is 0.650. The Kier molecular flexibility index (Phi) is 7.09. The van der Waals surface area contributed by atoms with Crippen LogP contribution in [0.25, 0.3) is 0 Å². The fourth-order valence-corrected chi connectivity index (χ4v) is 7.48. The van der Waals surface area contributed by atoms with Gasteiger partial charge < -0.3 is 9.64 Å². The molecule has 10 heteroatoms. The quantitative estimate of drug-likeness (QED) is 0.614. The van der Waals surface area contributed by atoms with E-state index in [0.29, 0.717) is 38.1 Å². The van der Waals surface area contributed by atoms with E-state index in [-0.39, 0.29) is 34.9 Å². The number of ether oxygens (including phenoxy) is 1. The number of rotatable bonds is 7. The van der Waals surface area contributed by atoms with Gasteiger partial charge in [0.05, 0.1) is 29.4 Å². The number of sulfonamides is 1. The molecule has 1 amide bonds. The van der Waals surface area contributed by atoms with Gasteiger partial charge in [-0.3, -0.25) is 4.79 Å². The van der Waals surface area contributed by atoms with Crippen LogP contribution in [-0.2, 0) is 24.7 Å². The minimum absolute atomic E-state index is 0.000673. The summed E-state index contributed by atoms with van der Waals surface area (Å²) in [7, 11) is -5.31. The number of hydrogen-bond donors (Lipinski definition) is 0. The summed E-state index contributed by atoms with van der Waals surface area (Å²) in [5.74, 6) is 0.0882. The maximum absolute atomic E-state index is 13.3. The zero-order valence-electron chi connectivity index (χ0n) is 17.5. The van der Waals surface area contributed by atoms with Crippen molar-refractivity contribution < 1.29 is 26.4 Å². The van der Waals surface area contributed by atoms with E-state index in [2.05, 4.69) is 0 Å². The van der Waals surface area contributed by atoms with Crippen molar-refractivity contribution in [3.63, 3.8) is 0 Å². The van der Waals surface area contributed by atoms with Gasteiger partial charge in [-0.05, 0) is 49.9 Å². The molecule has 30 heavy (non-hydrogen) atoms. The Hall–Kier alpha value is -1.65. The first kappa shape index (κ1) is 23.0. The van der Waals surface area contributed by atoms with E-state index < -0.39 is 25.8 Å². The van der Waals surface area contributed by atoms with Crippen LogP contribution in [0.15, 0.2) is 29.2 Å². The second kappa shape index (κ2) is 9.23. The second-order valence-corrected chi connectivity index (χ2v) is 12.1. The van der Waals surface area contributed by atoms with Crippen molar-refractivity contribution in [1.29, 1.82) is 0 Å². The van der Waals surface area contributed by atoms with Gasteiger partial charge in [0.15, 0.2) is 9.84 Å². The molecule has 0 radical (unpaired) electrons. The Morgan fingerprint density at radius 1 is 1.23 bits per heavy atom. The highest BCUT2D eigenvalue weighted by molar-refractivity contribution is 7.91. The first-order valence-electron chi connectivity index (χ1n) is 10.3. The lowest BCUT2D eigenvalue weighted by Crippen LogP contribution is -2.50. The molecule has 2 aliphatic rings. The first-order chi connectivity index (χ1) is 14.2. The monoisotopic (exact) mass is 458 g/mol. The van der Waals surface area contributed by atoms with Crippen molar-refractivity contribution in [3.8, 4) is 5.75 Å². The van der Waals surface area contributed by atoms with E-state index in [1.54, 1.807) is 17.0 Å². The number of hydrogen-bond acceptors (Lipinski definition) is 6. The van der Waals surface area contributed by atoms with Crippen LogP contribution in [0.3, 0.4) is 0 Å². The van der Waals surface area contributed by atoms with Gasteiger partial charge in [0, 0.05) is 25.7 Å². The lowest BCUT2D eigenvalue weighted by molar-refractivity contribution is -0.138. The first-order valence-corrected chi connectivity index (χ1v) is 13.6. The predicted octanol–water partition coefficient (Wildman–Crippen LogP) is 1.52. The van der Waals surface area contributed by atoms with Crippen LogP contribution in [0, 0.1) is 5.92 Å². The van der Waals surface area contributed by atoms with Gasteiger partial charge in [-0.25, -0.2) is 16.8 Å². The predicted molar refractivity (Wildman–Crippen MR) is 114 cm³/mol. The lowest BCUT2D eigenvalue weighted by Gasteiger charge is -2.36. The molecule has 1 aromatic rings. The average Bonchev–Trinajstić information content (AvgIpc) is 3.11. The van der Waals surface area contributed by atoms with E-state index in [9.17, 15) is 21.6 Å². The lowest BCUT2D eigenvalue weighted by atomic mass is 9.97. The molecule has 1 aromatic carbocycles. The number of carbonyl (C=O) groups excluding carboxylic acids is 1. The molecule has 168 valence electrons. The number of benzene rings is 1. The highest BCUT2D eigenvalue weighted by Gasteiger charge is 2.39. The molecule has 0 saturated carbocycles. The zero-order chi connectivity index (χ0) is 21.9. The Labute approximate surface area is 179 Å². The summed E-state index contributed by atoms with van der Waals surface area (Å²) in [5, 5.41) is 0. The van der Waals surface area contributed by atoms with Crippen LogP contribution < -0.4 is 4.74 Å². The molecule has 2 aliphatic heterocycles. The Morgan fingerprint density at radius 3 is 2.50 bits per heavy atom. The van der Waals surface area contributed by atoms with Crippen molar-refractivity contribution in [2.75, 3.05) is 38.2 Å². The Morgan fingerprint density at radius 2 is 1.93 bits per heavy atom. The third-order valence-electron chi connectivity index (χ3n) is 5.83. The molecule has 3 rings (SSSR count). The number of methoxy groups -OCH3 is 1. The fourth-order valence-electron chi connectivity index (χ4n) is 4.23. The summed E-state index contributed by atoms with van der Waals surface area (Å²) < 4.78 is 56.4. The van der Waals surface area contributed by atoms with Crippen molar-refractivity contribution in [1.82, 2.24) is 9.21 Å². The number of nitrogens with zero attached hydrogens (tertiary/aromatic N) is 2. The van der Waals surface area contributed by atoms with E-state index in [1.165, 1.54) is 23.5 Å². The highest BCUT2D eigenvalue weighted by atomic mass is 32.2. The molecule has 0 bridgehead atoms. The summed E-state index contributed by atoms with van der Waals surface area (Å²) in [6.45, 7) is 2.92. The van der Waals surface area contributed by atoms with Crippen molar-refractivity contribution >= 4 is 25.8 Å². The van der Waals surface area contributed by atoms with Gasteiger partial charge in [-0.15, -0.1) is 0 Å². The van der Waals surface area contributed by atoms with Gasteiger partial charge in [0.25, 0.3) is 0 Å². The molecular formula is C20H30N2O6S2. The molecular weight excluding hydrogens is 428 g/mol. The third kappa shape index (κ3) is 4.97. The summed E-state index contributed by atoms with van der Waals surface area (Å²) in [4.78, 5) is 15.1. The topological polar surface area (TPSA) is 101 Å². The van der Waals surface area contributed by atoms with Crippen molar-refractivity contribution in [2.45, 2.75) is 43.5 Å². The van der Waals surface area contributed by atoms with Crippen LogP contribution in [0.1, 0.15) is 32.6 Å². The van der Waals surface area contributed by atoms with Gasteiger partial charge in [-0.1, -0.05) is 6.92 Å².